The van der Waals surface area contributed by atoms with Gasteiger partial charge in [-0.1, -0.05) is 33.8 Å². The number of piperazine rings is 1. The Balaban J connectivity index is 0.000000939. The van der Waals surface area contributed by atoms with E-state index in [1.54, 1.807) is 13.3 Å². The van der Waals surface area contributed by atoms with Crippen LogP contribution in [0.15, 0.2) is 54.3 Å². The predicted molar refractivity (Wildman–Crippen MR) is 201 cm³/mol. The van der Waals surface area contributed by atoms with Crippen LogP contribution in [-0.2, 0) is 4.79 Å². The molecule has 0 radical (unpaired) electrons. The first kappa shape index (κ1) is 40.5. The number of aromatic nitrogens is 2. The number of pyridine rings is 2. The zero-order valence-corrected chi connectivity index (χ0v) is 30.6. The van der Waals surface area contributed by atoms with Gasteiger partial charge in [-0.25, -0.2) is 15.0 Å². The molecule has 0 saturated carbocycles. The Morgan fingerprint density at radius 3 is 2.35 bits per heavy atom. The van der Waals surface area contributed by atoms with Crippen LogP contribution < -0.4 is 30.7 Å². The summed E-state index contributed by atoms with van der Waals surface area (Å²) in [7, 11) is 5.78. The van der Waals surface area contributed by atoms with Crippen molar-refractivity contribution >= 4 is 29.5 Å². The summed E-state index contributed by atoms with van der Waals surface area (Å²) < 4.78 is 11.9. The summed E-state index contributed by atoms with van der Waals surface area (Å²) in [5, 5.41) is 6.89. The third-order valence-electron chi connectivity index (χ3n) is 8.29. The molecule has 1 unspecified atom stereocenters. The van der Waals surface area contributed by atoms with E-state index >= 15 is 0 Å². The second-order valence-corrected chi connectivity index (χ2v) is 12.0. The molecule has 4 rings (SSSR count). The van der Waals surface area contributed by atoms with Crippen LogP contribution in [0.4, 0.5) is 17.2 Å². The number of nitrogens with zero attached hydrogens (tertiary/aromatic N) is 6. The average Bonchev–Trinajstić information content (AvgIpc) is 3.10. The molecule has 268 valence electrons. The minimum atomic E-state index is -0.250. The van der Waals surface area contributed by atoms with Gasteiger partial charge in [0.05, 0.1) is 24.7 Å². The summed E-state index contributed by atoms with van der Waals surface area (Å²) in [6.45, 7) is 18.6. The van der Waals surface area contributed by atoms with E-state index in [0.29, 0.717) is 29.1 Å². The minimum Gasteiger partial charge on any atom is -0.493 e. The third kappa shape index (κ3) is 11.8. The summed E-state index contributed by atoms with van der Waals surface area (Å²) in [6, 6.07) is 9.75. The van der Waals surface area contributed by atoms with Crippen LogP contribution in [0.25, 0.3) is 0 Å². The number of carboxylic acid groups (broad SMARTS) is 1. The molecule has 49 heavy (non-hydrogen) atoms. The van der Waals surface area contributed by atoms with E-state index in [0.717, 1.165) is 73.2 Å². The van der Waals surface area contributed by atoms with Gasteiger partial charge >= 0.3 is 0 Å². The fraction of sp³-hybridized carbons (Fsp3) is 0.459. The molecule has 1 aliphatic heterocycles. The third-order valence-corrected chi connectivity index (χ3v) is 8.29. The highest BCUT2D eigenvalue weighted by Crippen LogP contribution is 2.34. The first-order valence-corrected chi connectivity index (χ1v) is 16.7. The minimum absolute atomic E-state index is 0.250. The molecule has 5 N–H and O–H groups in total. The number of aliphatic imine (C=N–C) groups is 1. The number of hydrogen-bond donors (Lipinski definition) is 3. The number of hydrogen-bond acceptors (Lipinski definition) is 10. The van der Waals surface area contributed by atoms with E-state index in [4.69, 9.17) is 40.8 Å². The second-order valence-electron chi connectivity index (χ2n) is 12.0. The Labute approximate surface area is 292 Å². The SMILES string of the molecule is C=CN(C)c1cnc(Oc2ccc(N=C(N)c3nc(N4CCN(C)CC4)c(OC)cc3C)cc2C)cc1C(C)CC.CCCCN.O=CO. The van der Waals surface area contributed by atoms with Crippen molar-refractivity contribution in [2.75, 3.05) is 63.7 Å². The molecule has 2 aromatic heterocycles. The number of carbonyl (C=O) groups is 1. The van der Waals surface area contributed by atoms with Crippen molar-refractivity contribution in [3.8, 4) is 17.4 Å². The second kappa shape index (κ2) is 20.6. The first-order chi connectivity index (χ1) is 23.5. The molecule has 1 aliphatic rings. The maximum absolute atomic E-state index is 8.36. The van der Waals surface area contributed by atoms with Crippen LogP contribution in [0.5, 0.6) is 17.4 Å². The average molecular weight is 677 g/mol. The number of anilines is 2. The Morgan fingerprint density at radius 1 is 1.14 bits per heavy atom. The van der Waals surface area contributed by atoms with E-state index in [1.807, 2.05) is 62.3 Å². The lowest BCUT2D eigenvalue weighted by atomic mass is 9.97. The van der Waals surface area contributed by atoms with Gasteiger partial charge < -0.3 is 40.7 Å². The van der Waals surface area contributed by atoms with Gasteiger partial charge in [0.15, 0.2) is 11.6 Å². The number of methoxy groups -OCH3 is 1. The molecule has 1 fully saturated rings. The van der Waals surface area contributed by atoms with Crippen molar-refractivity contribution < 1.29 is 19.4 Å². The van der Waals surface area contributed by atoms with E-state index < -0.39 is 0 Å². The molecular weight excluding hydrogens is 620 g/mol. The number of rotatable bonds is 12. The van der Waals surface area contributed by atoms with Gasteiger partial charge in [0, 0.05) is 39.3 Å². The predicted octanol–water partition coefficient (Wildman–Crippen LogP) is 6.22. The fourth-order valence-corrected chi connectivity index (χ4v) is 5.07. The lowest BCUT2D eigenvalue weighted by Crippen LogP contribution is -2.45. The zero-order valence-electron chi connectivity index (χ0n) is 30.6. The molecular formula is C37H56N8O4. The number of nitrogens with two attached hydrogens (primary N) is 2. The van der Waals surface area contributed by atoms with E-state index in [-0.39, 0.29) is 6.47 Å². The highest BCUT2D eigenvalue weighted by molar-refractivity contribution is 5.99. The molecule has 1 aromatic carbocycles. The highest BCUT2D eigenvalue weighted by atomic mass is 16.5. The number of unbranched alkanes of at least 4 members (excludes halogenated alkanes) is 1. The maximum Gasteiger partial charge on any atom is 0.290 e. The quantitative estimate of drug-likeness (QED) is 0.114. The lowest BCUT2D eigenvalue weighted by Gasteiger charge is -2.34. The number of ether oxygens (including phenoxy) is 2. The Hall–Kier alpha value is -4.68. The molecule has 0 aliphatic carbocycles. The number of benzene rings is 1. The van der Waals surface area contributed by atoms with Crippen LogP contribution in [0.2, 0.25) is 0 Å². The summed E-state index contributed by atoms with van der Waals surface area (Å²) in [5.74, 6) is 3.52. The van der Waals surface area contributed by atoms with Gasteiger partial charge in [0.25, 0.3) is 6.47 Å². The largest absolute Gasteiger partial charge is 0.493 e. The van der Waals surface area contributed by atoms with E-state index in [2.05, 4.69) is 49.2 Å². The van der Waals surface area contributed by atoms with Crippen LogP contribution in [0, 0.1) is 13.8 Å². The molecule has 3 heterocycles. The molecule has 12 heteroatoms. The highest BCUT2D eigenvalue weighted by Gasteiger charge is 2.22. The van der Waals surface area contributed by atoms with Gasteiger partial charge in [-0.2, -0.15) is 0 Å². The maximum atomic E-state index is 8.36. The smallest absolute Gasteiger partial charge is 0.290 e. The molecule has 0 bridgehead atoms. The van der Waals surface area contributed by atoms with Gasteiger partial charge in [0.1, 0.15) is 17.3 Å². The van der Waals surface area contributed by atoms with Crippen molar-refractivity contribution in [3.05, 3.63) is 71.7 Å². The van der Waals surface area contributed by atoms with Crippen molar-refractivity contribution in [1.29, 1.82) is 0 Å². The fourth-order valence-electron chi connectivity index (χ4n) is 5.07. The first-order valence-electron chi connectivity index (χ1n) is 16.7. The monoisotopic (exact) mass is 676 g/mol. The van der Waals surface area contributed by atoms with Crippen LogP contribution in [0.1, 0.15) is 68.3 Å². The van der Waals surface area contributed by atoms with E-state index in [1.165, 1.54) is 18.4 Å². The molecule has 3 aromatic rings. The molecule has 0 amide bonds. The van der Waals surface area contributed by atoms with Crippen LogP contribution in [0.3, 0.4) is 0 Å². The summed E-state index contributed by atoms with van der Waals surface area (Å²) in [4.78, 5) is 29.1. The standard InChI is InChI=1S/C32H43N7O2.C4H11N.CH2O2/c1-9-21(3)25-19-29(34-20-26(25)38(7)10-2)41-27-12-11-24(17-22(27)4)35-31(33)30-23(5)18-28(40-8)32(36-30)39-15-13-37(6)14-16-39;1-2-3-4-5;2-1-3/h10-12,17-21H,2,9,13-16H2,1,3-8H3,(H2,33,35);2-5H2,1H3;1H,(H,2,3). The normalized spacial score (nSPS) is 13.7. The van der Waals surface area contributed by atoms with Crippen molar-refractivity contribution in [2.45, 2.75) is 59.8 Å². The number of aryl methyl sites for hydroxylation is 2. The van der Waals surface area contributed by atoms with Crippen molar-refractivity contribution in [1.82, 2.24) is 14.9 Å². The Morgan fingerprint density at radius 2 is 1.82 bits per heavy atom. The summed E-state index contributed by atoms with van der Waals surface area (Å²) >= 11 is 0. The zero-order chi connectivity index (χ0) is 36.5. The molecule has 12 nitrogen and oxygen atoms in total. The van der Waals surface area contributed by atoms with Crippen molar-refractivity contribution in [3.63, 3.8) is 0 Å². The van der Waals surface area contributed by atoms with Gasteiger partial charge in [0.2, 0.25) is 5.88 Å². The van der Waals surface area contributed by atoms with Crippen molar-refractivity contribution in [2.24, 2.45) is 16.5 Å². The number of likely N-dealkylation sites (N-methyl/N-ethyl adjacent to an activating group) is 1. The Bertz CT molecular complexity index is 1520. The Kier molecular flexibility index (Phi) is 17.1. The topological polar surface area (TPSA) is 156 Å². The molecule has 0 spiro atoms. The molecule has 1 saturated heterocycles. The lowest BCUT2D eigenvalue weighted by molar-refractivity contribution is -0.122. The summed E-state index contributed by atoms with van der Waals surface area (Å²) in [5.41, 5.74) is 17.1. The van der Waals surface area contributed by atoms with E-state index in [9.17, 15) is 0 Å². The number of amidine groups is 1. The molecule has 1 atom stereocenters. The summed E-state index contributed by atoms with van der Waals surface area (Å²) in [6.07, 6.45) is 7.02. The van der Waals surface area contributed by atoms with Gasteiger partial charge in [-0.15, -0.1) is 0 Å². The van der Waals surface area contributed by atoms with Gasteiger partial charge in [-0.05, 0) is 93.4 Å². The van der Waals surface area contributed by atoms with Crippen LogP contribution in [-0.4, -0.2) is 86.2 Å². The van der Waals surface area contributed by atoms with Crippen LogP contribution >= 0.6 is 0 Å². The van der Waals surface area contributed by atoms with Gasteiger partial charge in [-0.3, -0.25) is 4.79 Å².